The summed E-state index contributed by atoms with van der Waals surface area (Å²) in [6.07, 6.45) is 4.72. The molecule has 3 unspecified atom stereocenters. The van der Waals surface area contributed by atoms with Crippen LogP contribution in [0.25, 0.3) is 11.2 Å². The van der Waals surface area contributed by atoms with Crippen LogP contribution in [0.5, 0.6) is 0 Å². The van der Waals surface area contributed by atoms with Gasteiger partial charge in [-0.25, -0.2) is 19.4 Å². The molecule has 1 aromatic carbocycles. The summed E-state index contributed by atoms with van der Waals surface area (Å²) >= 11 is 12.5. The van der Waals surface area contributed by atoms with E-state index in [2.05, 4.69) is 11.8 Å². The van der Waals surface area contributed by atoms with E-state index in [-0.39, 0.29) is 12.1 Å². The Morgan fingerprint density at radius 2 is 1.97 bits per heavy atom. The molecule has 2 aliphatic rings. The molecule has 204 valence electrons. The van der Waals surface area contributed by atoms with Crippen LogP contribution >= 0.6 is 23.2 Å². The molecule has 0 radical (unpaired) electrons. The standard InChI is InChI=1S/C28H36Cl2N6O2/c1-17-15-34(12-10-21(17)23-7-6-11-35(23)27(37)38-28(3,4)5)24-14-31-25-18(2)33-36(26(25)32-24)16-19-8-9-20(29)13-22(19)30/h8-9,13-14,17,21,23H,6-7,10-12,15-16H2,1-5H3. The first-order chi connectivity index (χ1) is 18.0. The van der Waals surface area contributed by atoms with E-state index in [0.717, 1.165) is 67.1 Å². The van der Waals surface area contributed by atoms with E-state index in [1.54, 1.807) is 6.07 Å². The molecule has 38 heavy (non-hydrogen) atoms. The highest BCUT2D eigenvalue weighted by molar-refractivity contribution is 6.35. The summed E-state index contributed by atoms with van der Waals surface area (Å²) in [6, 6.07) is 5.72. The van der Waals surface area contributed by atoms with Crippen molar-refractivity contribution < 1.29 is 9.53 Å². The zero-order chi connectivity index (χ0) is 27.2. The molecule has 2 aliphatic heterocycles. The number of aryl methyl sites for hydroxylation is 1. The highest BCUT2D eigenvalue weighted by Gasteiger charge is 2.41. The van der Waals surface area contributed by atoms with Gasteiger partial charge < -0.3 is 14.5 Å². The van der Waals surface area contributed by atoms with Gasteiger partial charge >= 0.3 is 6.09 Å². The van der Waals surface area contributed by atoms with E-state index in [1.165, 1.54) is 0 Å². The number of rotatable bonds is 4. The summed E-state index contributed by atoms with van der Waals surface area (Å²) in [5.74, 6) is 1.67. The van der Waals surface area contributed by atoms with Crippen LogP contribution in [-0.2, 0) is 11.3 Å². The lowest BCUT2D eigenvalue weighted by Gasteiger charge is -2.42. The van der Waals surface area contributed by atoms with Gasteiger partial charge in [-0.15, -0.1) is 0 Å². The third kappa shape index (κ3) is 5.57. The Hall–Kier alpha value is -2.58. The topological polar surface area (TPSA) is 76.4 Å². The Kier molecular flexibility index (Phi) is 7.48. The molecule has 0 saturated carbocycles. The van der Waals surface area contributed by atoms with Crippen molar-refractivity contribution >= 4 is 46.3 Å². The van der Waals surface area contributed by atoms with Gasteiger partial charge in [0.1, 0.15) is 16.9 Å². The molecule has 4 heterocycles. The second kappa shape index (κ2) is 10.5. The van der Waals surface area contributed by atoms with Gasteiger partial charge in [0.2, 0.25) is 0 Å². The van der Waals surface area contributed by atoms with Crippen molar-refractivity contribution in [2.24, 2.45) is 11.8 Å². The van der Waals surface area contributed by atoms with Crippen molar-refractivity contribution in [2.45, 2.75) is 72.1 Å². The number of nitrogens with zero attached hydrogens (tertiary/aromatic N) is 6. The largest absolute Gasteiger partial charge is 0.444 e. The van der Waals surface area contributed by atoms with Gasteiger partial charge in [0.15, 0.2) is 5.65 Å². The molecule has 0 bridgehead atoms. The Bertz CT molecular complexity index is 1340. The predicted octanol–water partition coefficient (Wildman–Crippen LogP) is 6.35. The summed E-state index contributed by atoms with van der Waals surface area (Å²) in [5.41, 5.74) is 2.81. The molecule has 0 spiro atoms. The van der Waals surface area contributed by atoms with Gasteiger partial charge in [-0.3, -0.25) is 0 Å². The quantitative estimate of drug-likeness (QED) is 0.371. The predicted molar refractivity (Wildman–Crippen MR) is 151 cm³/mol. The zero-order valence-electron chi connectivity index (χ0n) is 22.7. The fourth-order valence-corrected chi connectivity index (χ4v) is 6.35. The minimum absolute atomic E-state index is 0.185. The number of halogens is 2. The first-order valence-corrected chi connectivity index (χ1v) is 14.1. The number of hydrogen-bond acceptors (Lipinski definition) is 6. The minimum atomic E-state index is -0.486. The monoisotopic (exact) mass is 558 g/mol. The third-order valence-electron chi connectivity index (χ3n) is 7.65. The van der Waals surface area contributed by atoms with E-state index in [9.17, 15) is 4.79 Å². The number of benzene rings is 1. The highest BCUT2D eigenvalue weighted by Crippen LogP contribution is 2.36. The first-order valence-electron chi connectivity index (χ1n) is 13.4. The zero-order valence-corrected chi connectivity index (χ0v) is 24.3. The maximum Gasteiger partial charge on any atom is 0.410 e. The molecular weight excluding hydrogens is 523 g/mol. The molecule has 0 aliphatic carbocycles. The lowest BCUT2D eigenvalue weighted by atomic mass is 9.80. The van der Waals surface area contributed by atoms with Crippen molar-refractivity contribution in [2.75, 3.05) is 24.5 Å². The van der Waals surface area contributed by atoms with Crippen LogP contribution in [0.15, 0.2) is 24.4 Å². The number of ether oxygens (including phenoxy) is 1. The number of piperidine rings is 1. The second-order valence-corrected chi connectivity index (χ2v) is 12.5. The fourth-order valence-electron chi connectivity index (χ4n) is 5.88. The van der Waals surface area contributed by atoms with E-state index < -0.39 is 5.60 Å². The minimum Gasteiger partial charge on any atom is -0.444 e. The molecule has 3 aromatic rings. The normalized spacial score (nSPS) is 22.3. The van der Waals surface area contributed by atoms with Crippen molar-refractivity contribution in [3.8, 4) is 0 Å². The Labute approximate surface area is 234 Å². The van der Waals surface area contributed by atoms with Crippen molar-refractivity contribution in [3.63, 3.8) is 0 Å². The third-order valence-corrected chi connectivity index (χ3v) is 8.24. The van der Waals surface area contributed by atoms with Crippen LogP contribution in [0.1, 0.15) is 58.2 Å². The molecule has 8 nitrogen and oxygen atoms in total. The lowest BCUT2D eigenvalue weighted by Crippen LogP contribution is -2.49. The summed E-state index contributed by atoms with van der Waals surface area (Å²) in [5, 5.41) is 5.90. The Balaban J connectivity index is 1.32. The van der Waals surface area contributed by atoms with E-state index >= 15 is 0 Å². The van der Waals surface area contributed by atoms with Crippen LogP contribution in [-0.4, -0.2) is 62.0 Å². The maximum absolute atomic E-state index is 12.9. The lowest BCUT2D eigenvalue weighted by molar-refractivity contribution is 0.0134. The van der Waals surface area contributed by atoms with Crippen molar-refractivity contribution in [3.05, 3.63) is 45.7 Å². The van der Waals surface area contributed by atoms with Crippen molar-refractivity contribution in [1.82, 2.24) is 24.6 Å². The first kappa shape index (κ1) is 27.0. The molecule has 1 amide bonds. The van der Waals surface area contributed by atoms with E-state index in [1.807, 2.05) is 55.6 Å². The highest BCUT2D eigenvalue weighted by atomic mass is 35.5. The second-order valence-electron chi connectivity index (χ2n) is 11.6. The van der Waals surface area contributed by atoms with Crippen LogP contribution in [0.4, 0.5) is 10.6 Å². The van der Waals surface area contributed by atoms with Crippen LogP contribution in [0, 0.1) is 18.8 Å². The smallest absolute Gasteiger partial charge is 0.410 e. The average Bonchev–Trinajstić information content (AvgIpc) is 3.44. The summed E-state index contributed by atoms with van der Waals surface area (Å²) < 4.78 is 7.58. The molecule has 10 heteroatoms. The number of carbonyl (C=O) groups is 1. The number of amides is 1. The maximum atomic E-state index is 12.9. The SMILES string of the molecule is Cc1nn(Cc2ccc(Cl)cc2Cl)c2nc(N3CCC(C4CCCN4C(=O)OC(C)(C)C)C(C)C3)cnc12. The van der Waals surface area contributed by atoms with Gasteiger partial charge in [-0.1, -0.05) is 36.2 Å². The van der Waals surface area contributed by atoms with Gasteiger partial charge in [0.25, 0.3) is 0 Å². The van der Waals surface area contributed by atoms with Crippen LogP contribution in [0.3, 0.4) is 0 Å². The number of carbonyl (C=O) groups excluding carboxylic acids is 1. The summed E-state index contributed by atoms with van der Waals surface area (Å²) in [6.45, 7) is 13.0. The van der Waals surface area contributed by atoms with Crippen molar-refractivity contribution in [1.29, 1.82) is 0 Å². The number of aromatic nitrogens is 4. The van der Waals surface area contributed by atoms with Gasteiger partial charge in [-0.05, 0) is 76.5 Å². The fraction of sp³-hybridized carbons (Fsp3) is 0.571. The molecule has 2 aromatic heterocycles. The van der Waals surface area contributed by atoms with Gasteiger partial charge in [-0.2, -0.15) is 5.10 Å². The summed E-state index contributed by atoms with van der Waals surface area (Å²) in [7, 11) is 0. The molecule has 5 rings (SSSR count). The number of likely N-dealkylation sites (tertiary alicyclic amines) is 1. The van der Waals surface area contributed by atoms with Gasteiger partial charge in [0, 0.05) is 35.7 Å². The van der Waals surface area contributed by atoms with E-state index in [4.69, 9.17) is 43.0 Å². The Morgan fingerprint density at radius 3 is 2.68 bits per heavy atom. The van der Waals surface area contributed by atoms with Gasteiger partial charge in [0.05, 0.1) is 18.4 Å². The Morgan fingerprint density at radius 1 is 1.18 bits per heavy atom. The number of hydrogen-bond donors (Lipinski definition) is 0. The van der Waals surface area contributed by atoms with Crippen LogP contribution < -0.4 is 4.90 Å². The average molecular weight is 560 g/mol. The number of anilines is 1. The molecule has 0 N–H and O–H groups in total. The van der Waals surface area contributed by atoms with Crippen LogP contribution in [0.2, 0.25) is 10.0 Å². The molecule has 2 fully saturated rings. The van der Waals surface area contributed by atoms with E-state index in [0.29, 0.717) is 28.4 Å². The number of fused-ring (bicyclic) bond motifs is 1. The molecular formula is C28H36Cl2N6O2. The molecule has 3 atom stereocenters. The summed E-state index contributed by atoms with van der Waals surface area (Å²) in [4.78, 5) is 26.9. The molecule has 2 saturated heterocycles.